The fourth-order valence-electron chi connectivity index (χ4n) is 2.76. The Kier molecular flexibility index (Phi) is 7.70. The molecule has 2 rings (SSSR count). The number of nitrogens with one attached hydrogen (secondary N) is 1. The smallest absolute Gasteiger partial charge is 0.251 e. The number of rotatable bonds is 4. The first-order valence-corrected chi connectivity index (χ1v) is 8.30. The van der Waals surface area contributed by atoms with Crippen LogP contribution in [-0.4, -0.2) is 41.9 Å². The predicted octanol–water partition coefficient (Wildman–Crippen LogP) is 2.12. The third kappa shape index (κ3) is 5.21. The van der Waals surface area contributed by atoms with E-state index in [-0.39, 0.29) is 36.2 Å². The normalized spacial score (nSPS) is 16.5. The molecular weight excluding hydrogens is 326 g/mol. The highest BCUT2D eigenvalue weighted by molar-refractivity contribution is 5.97. The van der Waals surface area contributed by atoms with Crippen molar-refractivity contribution in [1.82, 2.24) is 10.2 Å². The van der Waals surface area contributed by atoms with Crippen LogP contribution in [0.1, 0.15) is 42.6 Å². The van der Waals surface area contributed by atoms with Crippen LogP contribution < -0.4 is 11.1 Å². The molecule has 0 aromatic heterocycles. The number of carbonyl (C=O) groups is 2. The van der Waals surface area contributed by atoms with Crippen molar-refractivity contribution in [2.24, 2.45) is 11.7 Å². The Labute approximate surface area is 150 Å². The highest BCUT2D eigenvalue weighted by atomic mass is 35.5. The number of likely N-dealkylation sites (tertiary alicyclic amines) is 1. The first kappa shape index (κ1) is 20.5. The SMILES string of the molecule is Cc1ccc(C(=O)NC(C(=O)N2CCC(N)CC2)C(C)C)cc1.Cl. The van der Waals surface area contributed by atoms with Gasteiger partial charge in [-0.05, 0) is 37.8 Å². The molecule has 1 aliphatic rings. The minimum absolute atomic E-state index is 0. The van der Waals surface area contributed by atoms with Crippen molar-refractivity contribution >= 4 is 24.2 Å². The highest BCUT2D eigenvalue weighted by Crippen LogP contribution is 2.14. The molecular formula is C18H28ClN3O2. The molecule has 3 N–H and O–H groups in total. The number of carbonyl (C=O) groups excluding carboxylic acids is 2. The quantitative estimate of drug-likeness (QED) is 0.870. The number of hydrogen-bond acceptors (Lipinski definition) is 3. The second kappa shape index (κ2) is 9.04. The molecule has 0 saturated carbocycles. The Morgan fingerprint density at radius 1 is 1.17 bits per heavy atom. The van der Waals surface area contributed by atoms with Crippen molar-refractivity contribution in [3.8, 4) is 0 Å². The summed E-state index contributed by atoms with van der Waals surface area (Å²) in [7, 11) is 0. The Hall–Kier alpha value is -1.59. The lowest BCUT2D eigenvalue weighted by atomic mass is 9.99. The van der Waals surface area contributed by atoms with Gasteiger partial charge in [0.25, 0.3) is 5.91 Å². The van der Waals surface area contributed by atoms with Crippen molar-refractivity contribution in [2.45, 2.75) is 45.7 Å². The maximum atomic E-state index is 12.7. The summed E-state index contributed by atoms with van der Waals surface area (Å²) in [5.41, 5.74) is 7.57. The highest BCUT2D eigenvalue weighted by Gasteiger charge is 2.30. The molecule has 0 radical (unpaired) electrons. The number of hydrogen-bond donors (Lipinski definition) is 2. The van der Waals surface area contributed by atoms with Gasteiger partial charge in [0.2, 0.25) is 5.91 Å². The molecule has 0 bridgehead atoms. The molecule has 1 saturated heterocycles. The summed E-state index contributed by atoms with van der Waals surface area (Å²) in [6.45, 7) is 7.22. The molecule has 0 spiro atoms. The lowest BCUT2D eigenvalue weighted by Crippen LogP contribution is -2.54. The van der Waals surface area contributed by atoms with Gasteiger partial charge < -0.3 is 16.0 Å². The van der Waals surface area contributed by atoms with E-state index in [9.17, 15) is 9.59 Å². The molecule has 1 aromatic rings. The van der Waals surface area contributed by atoms with E-state index < -0.39 is 6.04 Å². The fourth-order valence-corrected chi connectivity index (χ4v) is 2.76. The van der Waals surface area contributed by atoms with E-state index in [1.165, 1.54) is 0 Å². The van der Waals surface area contributed by atoms with Gasteiger partial charge in [0.15, 0.2) is 0 Å². The standard InChI is InChI=1S/C18H27N3O2.ClH/c1-12(2)16(18(23)21-10-8-15(19)9-11-21)20-17(22)14-6-4-13(3)5-7-14;/h4-7,12,15-16H,8-11,19H2,1-3H3,(H,20,22);1H. The van der Waals surface area contributed by atoms with E-state index in [0.29, 0.717) is 18.7 Å². The van der Waals surface area contributed by atoms with Gasteiger partial charge >= 0.3 is 0 Å². The largest absolute Gasteiger partial charge is 0.341 e. The van der Waals surface area contributed by atoms with Crippen LogP contribution in [0.25, 0.3) is 0 Å². The molecule has 24 heavy (non-hydrogen) atoms. The van der Waals surface area contributed by atoms with Gasteiger partial charge in [-0.25, -0.2) is 0 Å². The first-order valence-electron chi connectivity index (χ1n) is 8.30. The van der Waals surface area contributed by atoms with Crippen molar-refractivity contribution in [1.29, 1.82) is 0 Å². The summed E-state index contributed by atoms with van der Waals surface area (Å²) in [5, 5.41) is 2.90. The third-order valence-electron chi connectivity index (χ3n) is 4.38. The van der Waals surface area contributed by atoms with Crippen LogP contribution in [0.15, 0.2) is 24.3 Å². The summed E-state index contributed by atoms with van der Waals surface area (Å²) in [6, 6.07) is 7.04. The van der Waals surface area contributed by atoms with Crippen LogP contribution in [0.4, 0.5) is 0 Å². The van der Waals surface area contributed by atoms with Crippen LogP contribution in [0.3, 0.4) is 0 Å². The van der Waals surface area contributed by atoms with Crippen LogP contribution >= 0.6 is 12.4 Å². The zero-order valence-corrected chi connectivity index (χ0v) is 15.4. The topological polar surface area (TPSA) is 75.4 Å². The molecule has 1 atom stereocenters. The maximum absolute atomic E-state index is 12.7. The van der Waals surface area contributed by atoms with Crippen LogP contribution in [0, 0.1) is 12.8 Å². The number of benzene rings is 1. The van der Waals surface area contributed by atoms with Gasteiger partial charge in [0.1, 0.15) is 6.04 Å². The van der Waals surface area contributed by atoms with E-state index in [2.05, 4.69) is 5.32 Å². The van der Waals surface area contributed by atoms with E-state index >= 15 is 0 Å². The third-order valence-corrected chi connectivity index (χ3v) is 4.38. The zero-order chi connectivity index (χ0) is 17.0. The Morgan fingerprint density at radius 2 is 1.71 bits per heavy atom. The number of nitrogens with zero attached hydrogens (tertiary/aromatic N) is 1. The number of halogens is 1. The molecule has 5 nitrogen and oxygen atoms in total. The summed E-state index contributed by atoms with van der Waals surface area (Å²) in [6.07, 6.45) is 1.64. The van der Waals surface area contributed by atoms with E-state index in [0.717, 1.165) is 18.4 Å². The molecule has 134 valence electrons. The monoisotopic (exact) mass is 353 g/mol. The second-order valence-electron chi connectivity index (χ2n) is 6.72. The number of piperidine rings is 1. The van der Waals surface area contributed by atoms with Gasteiger partial charge in [0.05, 0.1) is 0 Å². The molecule has 1 fully saturated rings. The van der Waals surface area contributed by atoms with Crippen molar-refractivity contribution in [3.63, 3.8) is 0 Å². The summed E-state index contributed by atoms with van der Waals surface area (Å²) in [5.74, 6) is -0.175. The van der Waals surface area contributed by atoms with Crippen molar-refractivity contribution in [3.05, 3.63) is 35.4 Å². The number of aryl methyl sites for hydroxylation is 1. The lowest BCUT2D eigenvalue weighted by molar-refractivity contribution is -0.135. The number of nitrogens with two attached hydrogens (primary N) is 1. The Balaban J connectivity index is 0.00000288. The molecule has 1 aromatic carbocycles. The summed E-state index contributed by atoms with van der Waals surface area (Å²) < 4.78 is 0. The van der Waals surface area contributed by atoms with Gasteiger partial charge in [-0.15, -0.1) is 12.4 Å². The predicted molar refractivity (Wildman–Crippen MR) is 98.3 cm³/mol. The van der Waals surface area contributed by atoms with Crippen LogP contribution in [0.5, 0.6) is 0 Å². The summed E-state index contributed by atoms with van der Waals surface area (Å²) in [4.78, 5) is 27.0. The fraction of sp³-hybridized carbons (Fsp3) is 0.556. The number of amides is 2. The Bertz CT molecular complexity index is 552. The van der Waals surface area contributed by atoms with E-state index in [1.54, 1.807) is 12.1 Å². The minimum atomic E-state index is -0.502. The Morgan fingerprint density at radius 3 is 2.21 bits per heavy atom. The lowest BCUT2D eigenvalue weighted by Gasteiger charge is -2.34. The van der Waals surface area contributed by atoms with Gasteiger partial charge in [-0.1, -0.05) is 31.5 Å². The van der Waals surface area contributed by atoms with Crippen molar-refractivity contribution < 1.29 is 9.59 Å². The first-order chi connectivity index (χ1) is 10.9. The van der Waals surface area contributed by atoms with E-state index in [4.69, 9.17) is 5.73 Å². The molecule has 1 heterocycles. The van der Waals surface area contributed by atoms with Crippen molar-refractivity contribution in [2.75, 3.05) is 13.1 Å². The second-order valence-corrected chi connectivity index (χ2v) is 6.72. The summed E-state index contributed by atoms with van der Waals surface area (Å²) >= 11 is 0. The van der Waals surface area contributed by atoms with Gasteiger partial charge in [-0.2, -0.15) is 0 Å². The van der Waals surface area contributed by atoms with Gasteiger partial charge in [-0.3, -0.25) is 9.59 Å². The van der Waals surface area contributed by atoms with Crippen LogP contribution in [0.2, 0.25) is 0 Å². The van der Waals surface area contributed by atoms with Crippen LogP contribution in [-0.2, 0) is 4.79 Å². The average Bonchev–Trinajstić information content (AvgIpc) is 2.53. The van der Waals surface area contributed by atoms with E-state index in [1.807, 2.05) is 37.8 Å². The molecule has 2 amide bonds. The molecule has 1 unspecified atom stereocenters. The van der Waals surface area contributed by atoms with Gasteiger partial charge in [0, 0.05) is 24.7 Å². The molecule has 6 heteroatoms. The molecule has 1 aliphatic heterocycles. The zero-order valence-electron chi connectivity index (χ0n) is 14.6. The average molecular weight is 354 g/mol. The maximum Gasteiger partial charge on any atom is 0.251 e. The molecule has 0 aliphatic carbocycles. The minimum Gasteiger partial charge on any atom is -0.341 e.